The molecule has 2 aliphatic rings. The molecule has 1 aromatic heterocycles. The van der Waals surface area contributed by atoms with Gasteiger partial charge in [-0.25, -0.2) is 0 Å². The summed E-state index contributed by atoms with van der Waals surface area (Å²) < 4.78 is 5.20. The molecule has 2 fully saturated rings. The van der Waals surface area contributed by atoms with Gasteiger partial charge in [0, 0.05) is 31.3 Å². The number of halogens is 1. The molecular weight excluding hydrogens is 434 g/mol. The van der Waals surface area contributed by atoms with Crippen molar-refractivity contribution in [2.24, 2.45) is 16.1 Å². The van der Waals surface area contributed by atoms with Crippen LogP contribution in [0.2, 0.25) is 0 Å². The SMILES string of the molecule is CN=C(Cl)/C(CN1CCC2(CC1)CCN(C(C)c1ccccc1)CC2)=C(\N)c1cc(C)on1. The second-order valence-electron chi connectivity index (χ2n) is 9.63. The Kier molecular flexibility index (Phi) is 7.57. The summed E-state index contributed by atoms with van der Waals surface area (Å²) in [5.74, 6) is 0.727. The number of hydrogen-bond donors (Lipinski definition) is 1. The van der Waals surface area contributed by atoms with Gasteiger partial charge in [-0.15, -0.1) is 0 Å². The zero-order chi connectivity index (χ0) is 23.4. The lowest BCUT2D eigenvalue weighted by Gasteiger charge is -2.48. The van der Waals surface area contributed by atoms with Crippen LogP contribution in [0.1, 0.15) is 55.7 Å². The van der Waals surface area contributed by atoms with E-state index in [0.29, 0.717) is 34.6 Å². The number of rotatable bonds is 6. The van der Waals surface area contributed by atoms with Gasteiger partial charge < -0.3 is 10.3 Å². The summed E-state index contributed by atoms with van der Waals surface area (Å²) in [5, 5.41) is 4.50. The van der Waals surface area contributed by atoms with Crippen molar-refractivity contribution in [3.05, 3.63) is 59.0 Å². The topological polar surface area (TPSA) is 70.9 Å². The van der Waals surface area contributed by atoms with Gasteiger partial charge in [-0.3, -0.25) is 14.8 Å². The lowest BCUT2D eigenvalue weighted by molar-refractivity contribution is 0.0249. The van der Waals surface area contributed by atoms with Crippen molar-refractivity contribution >= 4 is 22.5 Å². The van der Waals surface area contributed by atoms with Gasteiger partial charge in [-0.1, -0.05) is 47.1 Å². The normalized spacial score (nSPS) is 21.8. The van der Waals surface area contributed by atoms with Crippen molar-refractivity contribution in [3.63, 3.8) is 0 Å². The van der Waals surface area contributed by atoms with Crippen LogP contribution in [0.15, 0.2) is 51.5 Å². The van der Waals surface area contributed by atoms with Crippen LogP contribution in [0.3, 0.4) is 0 Å². The molecule has 2 saturated heterocycles. The molecule has 0 amide bonds. The summed E-state index contributed by atoms with van der Waals surface area (Å²) in [6.07, 6.45) is 4.99. The highest BCUT2D eigenvalue weighted by atomic mass is 35.5. The molecule has 2 aromatic rings. The van der Waals surface area contributed by atoms with E-state index in [9.17, 15) is 0 Å². The molecule has 178 valence electrons. The summed E-state index contributed by atoms with van der Waals surface area (Å²) >= 11 is 6.46. The van der Waals surface area contributed by atoms with Gasteiger partial charge in [0.1, 0.15) is 16.6 Å². The van der Waals surface area contributed by atoms with Crippen LogP contribution >= 0.6 is 11.6 Å². The Bertz CT molecular complexity index is 981. The van der Waals surface area contributed by atoms with Gasteiger partial charge in [-0.2, -0.15) is 0 Å². The monoisotopic (exact) mass is 469 g/mol. The molecule has 3 heterocycles. The van der Waals surface area contributed by atoms with Gasteiger partial charge >= 0.3 is 0 Å². The number of piperidine rings is 2. The second kappa shape index (κ2) is 10.4. The molecule has 1 spiro atoms. The smallest absolute Gasteiger partial charge is 0.134 e. The first-order valence-electron chi connectivity index (χ1n) is 12.0. The first kappa shape index (κ1) is 24.0. The van der Waals surface area contributed by atoms with Crippen LogP contribution in [0.25, 0.3) is 5.70 Å². The van der Waals surface area contributed by atoms with Crippen molar-refractivity contribution in [3.8, 4) is 0 Å². The van der Waals surface area contributed by atoms with Crippen molar-refractivity contribution < 1.29 is 4.52 Å². The van der Waals surface area contributed by atoms with Crippen LogP contribution in [0.4, 0.5) is 0 Å². The molecule has 33 heavy (non-hydrogen) atoms. The molecule has 6 nitrogen and oxygen atoms in total. The van der Waals surface area contributed by atoms with E-state index in [1.54, 1.807) is 7.05 Å². The summed E-state index contributed by atoms with van der Waals surface area (Å²) in [6.45, 7) is 9.33. The van der Waals surface area contributed by atoms with Crippen LogP contribution in [0.5, 0.6) is 0 Å². The maximum atomic E-state index is 6.46. The number of likely N-dealkylation sites (tertiary alicyclic amines) is 2. The van der Waals surface area contributed by atoms with Crippen molar-refractivity contribution in [2.75, 3.05) is 39.8 Å². The standard InChI is InChI=1S/C26H36ClN5O/c1-19-17-23(30-33-19)24(28)22(25(27)29-3)18-31-13-9-26(10-14-31)11-15-32(16-12-26)20(2)21-7-5-4-6-8-21/h4-8,17,20H,9-16,18,28H2,1-3H3/b24-22-,29-25?. The van der Waals surface area contributed by atoms with E-state index in [1.807, 2.05) is 13.0 Å². The molecule has 7 heteroatoms. The van der Waals surface area contributed by atoms with Crippen LogP contribution in [-0.4, -0.2) is 59.9 Å². The predicted octanol–water partition coefficient (Wildman–Crippen LogP) is 4.86. The highest BCUT2D eigenvalue weighted by molar-refractivity contribution is 6.70. The average molecular weight is 470 g/mol. The minimum atomic E-state index is 0.441. The Morgan fingerprint density at radius 1 is 1.15 bits per heavy atom. The highest BCUT2D eigenvalue weighted by Gasteiger charge is 2.38. The van der Waals surface area contributed by atoms with E-state index < -0.39 is 0 Å². The zero-order valence-electron chi connectivity index (χ0n) is 20.1. The van der Waals surface area contributed by atoms with E-state index in [0.717, 1.165) is 24.4 Å². The maximum absolute atomic E-state index is 6.46. The predicted molar refractivity (Wildman–Crippen MR) is 135 cm³/mol. The maximum Gasteiger partial charge on any atom is 0.134 e. The Balaban J connectivity index is 1.35. The molecule has 4 rings (SSSR count). The summed E-state index contributed by atoms with van der Waals surface area (Å²) in [6, 6.07) is 13.2. The number of nitrogens with zero attached hydrogens (tertiary/aromatic N) is 4. The van der Waals surface area contributed by atoms with Crippen molar-refractivity contribution in [1.82, 2.24) is 15.0 Å². The third-order valence-corrected chi connectivity index (χ3v) is 8.06. The van der Waals surface area contributed by atoms with Crippen molar-refractivity contribution in [1.29, 1.82) is 0 Å². The largest absolute Gasteiger partial charge is 0.397 e. The average Bonchev–Trinajstić information content (AvgIpc) is 3.30. The minimum Gasteiger partial charge on any atom is -0.397 e. The molecule has 2 aliphatic heterocycles. The Morgan fingerprint density at radius 2 is 1.79 bits per heavy atom. The molecule has 1 atom stereocenters. The Morgan fingerprint density at radius 3 is 2.36 bits per heavy atom. The lowest BCUT2D eigenvalue weighted by Crippen LogP contribution is -2.47. The number of benzene rings is 1. The molecule has 0 bridgehead atoms. The number of aryl methyl sites for hydroxylation is 1. The van der Waals surface area contributed by atoms with E-state index >= 15 is 0 Å². The molecule has 2 N–H and O–H groups in total. The molecule has 1 unspecified atom stereocenters. The second-order valence-corrected chi connectivity index (χ2v) is 9.99. The molecule has 0 aliphatic carbocycles. The van der Waals surface area contributed by atoms with E-state index in [4.69, 9.17) is 21.9 Å². The molecule has 0 saturated carbocycles. The fourth-order valence-electron chi connectivity index (χ4n) is 5.28. The number of hydrogen-bond acceptors (Lipinski definition) is 6. The summed E-state index contributed by atoms with van der Waals surface area (Å²) in [4.78, 5) is 9.29. The fraction of sp³-hybridized carbons (Fsp3) is 0.538. The summed E-state index contributed by atoms with van der Waals surface area (Å²) in [7, 11) is 1.69. The van der Waals surface area contributed by atoms with Gasteiger partial charge in [0.05, 0.1) is 5.70 Å². The number of aliphatic imine (C=N–C) groups is 1. The van der Waals surface area contributed by atoms with Crippen molar-refractivity contribution in [2.45, 2.75) is 45.6 Å². The number of nitrogens with two attached hydrogens (primary N) is 1. The molecular formula is C26H36ClN5O. The third kappa shape index (κ3) is 5.51. The summed E-state index contributed by atoms with van der Waals surface area (Å²) in [5.41, 5.74) is 10.3. The Hall–Kier alpha value is -2.15. The van der Waals surface area contributed by atoms with Gasteiger partial charge in [-0.05, 0) is 76.7 Å². The van der Waals surface area contributed by atoms with Gasteiger partial charge in [0.25, 0.3) is 0 Å². The first-order chi connectivity index (χ1) is 15.9. The van der Waals surface area contributed by atoms with E-state index in [-0.39, 0.29) is 0 Å². The molecule has 0 radical (unpaired) electrons. The van der Waals surface area contributed by atoms with Crippen LogP contribution < -0.4 is 5.73 Å². The van der Waals surface area contributed by atoms with Gasteiger partial charge in [0.15, 0.2) is 0 Å². The Labute approximate surface area is 202 Å². The first-order valence-corrected chi connectivity index (χ1v) is 12.3. The van der Waals surface area contributed by atoms with E-state index in [1.165, 1.54) is 44.3 Å². The fourth-order valence-corrected chi connectivity index (χ4v) is 5.44. The van der Waals surface area contributed by atoms with Crippen LogP contribution in [0, 0.1) is 12.3 Å². The lowest BCUT2D eigenvalue weighted by atomic mass is 9.71. The minimum absolute atomic E-state index is 0.441. The highest BCUT2D eigenvalue weighted by Crippen LogP contribution is 2.43. The third-order valence-electron chi connectivity index (χ3n) is 7.66. The zero-order valence-corrected chi connectivity index (χ0v) is 20.8. The van der Waals surface area contributed by atoms with Crippen LogP contribution in [-0.2, 0) is 0 Å². The van der Waals surface area contributed by atoms with E-state index in [2.05, 4.69) is 57.2 Å². The molecule has 1 aromatic carbocycles. The quantitative estimate of drug-likeness (QED) is 0.612. The number of aromatic nitrogens is 1. The van der Waals surface area contributed by atoms with Gasteiger partial charge in [0.2, 0.25) is 0 Å².